The molecule has 0 unspecified atom stereocenters. The fourth-order valence-electron chi connectivity index (χ4n) is 3.52. The van der Waals surface area contributed by atoms with Crippen LogP contribution in [0.15, 0.2) is 60.7 Å². The average molecular weight is 436 g/mol. The van der Waals surface area contributed by atoms with Gasteiger partial charge in [0.15, 0.2) is 17.5 Å². The van der Waals surface area contributed by atoms with Crippen LogP contribution in [-0.4, -0.2) is 0 Å². The van der Waals surface area contributed by atoms with Gasteiger partial charge in [0.2, 0.25) is 0 Å². The fraction of sp³-hybridized carbons (Fsp3) is 0.111. The summed E-state index contributed by atoms with van der Waals surface area (Å²) in [6.07, 6.45) is 0.719. The molecule has 5 heteroatoms. The maximum absolute atomic E-state index is 14.0. The third-order valence-electron chi connectivity index (χ3n) is 5.23. The summed E-state index contributed by atoms with van der Waals surface area (Å²) >= 11 is 0. The van der Waals surface area contributed by atoms with Gasteiger partial charge in [0.25, 0.3) is 0 Å². The molecule has 0 fully saturated rings. The van der Waals surface area contributed by atoms with Crippen molar-refractivity contribution in [1.82, 2.24) is 0 Å². The molecule has 0 nitrogen and oxygen atoms in total. The number of rotatable bonds is 3. The molecule has 0 heterocycles. The summed E-state index contributed by atoms with van der Waals surface area (Å²) in [5.74, 6) is 0.832. The van der Waals surface area contributed by atoms with E-state index >= 15 is 0 Å². The van der Waals surface area contributed by atoms with E-state index in [0.29, 0.717) is 23.1 Å². The lowest BCUT2D eigenvalue weighted by Crippen LogP contribution is -2.00. The van der Waals surface area contributed by atoms with Gasteiger partial charge in [-0.1, -0.05) is 30.0 Å². The molecule has 0 spiro atoms. The molecule has 160 valence electrons. The second-order valence-corrected chi connectivity index (χ2v) is 7.58. The third-order valence-corrected chi connectivity index (χ3v) is 5.23. The van der Waals surface area contributed by atoms with Gasteiger partial charge in [-0.05, 0) is 78.7 Å². The molecular formula is C27H17F5. The Labute approximate surface area is 182 Å². The first kappa shape index (κ1) is 21.6. The van der Waals surface area contributed by atoms with E-state index in [1.807, 2.05) is 12.1 Å². The summed E-state index contributed by atoms with van der Waals surface area (Å²) in [6.45, 7) is 1.64. The molecule has 0 radical (unpaired) electrons. The monoisotopic (exact) mass is 436 g/mol. The number of aryl methyl sites for hydroxylation is 2. The zero-order valence-corrected chi connectivity index (χ0v) is 17.1. The lowest BCUT2D eigenvalue weighted by atomic mass is 10.0. The molecule has 0 amide bonds. The van der Waals surface area contributed by atoms with Crippen molar-refractivity contribution in [2.24, 2.45) is 0 Å². The minimum atomic E-state index is -1.50. The summed E-state index contributed by atoms with van der Waals surface area (Å²) in [4.78, 5) is 0. The fourth-order valence-corrected chi connectivity index (χ4v) is 3.52. The van der Waals surface area contributed by atoms with Crippen LogP contribution in [0.4, 0.5) is 22.0 Å². The van der Waals surface area contributed by atoms with Gasteiger partial charge in [0.1, 0.15) is 11.6 Å². The van der Waals surface area contributed by atoms with Crippen molar-refractivity contribution in [2.75, 3.05) is 0 Å². The van der Waals surface area contributed by atoms with Crippen molar-refractivity contribution in [2.45, 2.75) is 19.8 Å². The lowest BCUT2D eigenvalue weighted by molar-refractivity contribution is 0.453. The maximum Gasteiger partial charge on any atom is 0.195 e. The van der Waals surface area contributed by atoms with Crippen molar-refractivity contribution >= 4 is 10.8 Å². The van der Waals surface area contributed by atoms with Crippen LogP contribution in [0, 0.1) is 47.9 Å². The van der Waals surface area contributed by atoms with E-state index in [-0.39, 0.29) is 22.8 Å². The Hall–Kier alpha value is -3.65. The molecule has 0 N–H and O–H groups in total. The highest BCUT2D eigenvalue weighted by molar-refractivity contribution is 5.84. The smallest absolute Gasteiger partial charge is 0.195 e. The molecule has 0 aliphatic carbocycles. The Morgan fingerprint density at radius 3 is 1.94 bits per heavy atom. The molecule has 4 aromatic carbocycles. The number of halogens is 5. The van der Waals surface area contributed by atoms with E-state index < -0.39 is 29.1 Å². The van der Waals surface area contributed by atoms with E-state index in [9.17, 15) is 22.0 Å². The van der Waals surface area contributed by atoms with Gasteiger partial charge in [-0.15, -0.1) is 0 Å². The number of hydrogen-bond acceptors (Lipinski definition) is 0. The highest BCUT2D eigenvalue weighted by atomic mass is 19.2. The molecular weight excluding hydrogens is 419 g/mol. The molecule has 0 aliphatic rings. The lowest BCUT2D eigenvalue weighted by Gasteiger charge is -2.07. The van der Waals surface area contributed by atoms with Gasteiger partial charge in [0.05, 0.1) is 0 Å². The largest absolute Gasteiger partial charge is 0.207 e. The van der Waals surface area contributed by atoms with Crippen LogP contribution >= 0.6 is 0 Å². The number of hydrogen-bond donors (Lipinski definition) is 0. The molecule has 0 atom stereocenters. The molecule has 4 aromatic rings. The summed E-state index contributed by atoms with van der Waals surface area (Å²) in [6, 6.07) is 15.2. The normalized spacial score (nSPS) is 10.8. The van der Waals surface area contributed by atoms with Crippen molar-refractivity contribution in [1.29, 1.82) is 0 Å². The third kappa shape index (κ3) is 4.50. The zero-order chi connectivity index (χ0) is 22.8. The van der Waals surface area contributed by atoms with Crippen LogP contribution in [0.1, 0.15) is 27.8 Å². The number of fused-ring (bicyclic) bond motifs is 1. The molecule has 0 saturated carbocycles. The van der Waals surface area contributed by atoms with Gasteiger partial charge in [0, 0.05) is 22.1 Å². The highest BCUT2D eigenvalue weighted by Crippen LogP contribution is 2.24. The van der Waals surface area contributed by atoms with Crippen molar-refractivity contribution < 1.29 is 22.0 Å². The van der Waals surface area contributed by atoms with Crippen LogP contribution in [0.25, 0.3) is 10.8 Å². The molecule has 0 aliphatic heterocycles. The van der Waals surface area contributed by atoms with Gasteiger partial charge >= 0.3 is 0 Å². The maximum atomic E-state index is 14.0. The zero-order valence-electron chi connectivity index (χ0n) is 17.1. The topological polar surface area (TPSA) is 0 Å². The molecule has 32 heavy (non-hydrogen) atoms. The Morgan fingerprint density at radius 2 is 1.25 bits per heavy atom. The molecule has 4 rings (SSSR count). The van der Waals surface area contributed by atoms with Gasteiger partial charge < -0.3 is 0 Å². The van der Waals surface area contributed by atoms with Gasteiger partial charge in [-0.2, -0.15) is 0 Å². The molecule has 0 saturated heterocycles. The van der Waals surface area contributed by atoms with Gasteiger partial charge in [-0.3, -0.25) is 0 Å². The van der Waals surface area contributed by atoms with Crippen LogP contribution in [0.5, 0.6) is 0 Å². The van der Waals surface area contributed by atoms with E-state index in [2.05, 4.69) is 11.8 Å². The Bertz CT molecular complexity index is 1350. The predicted octanol–water partition coefficient (Wildman–Crippen LogP) is 7.03. The van der Waals surface area contributed by atoms with Crippen molar-refractivity contribution in [3.63, 3.8) is 0 Å². The predicted molar refractivity (Wildman–Crippen MR) is 115 cm³/mol. The Balaban J connectivity index is 1.49. The average Bonchev–Trinajstić information content (AvgIpc) is 2.76. The van der Waals surface area contributed by atoms with E-state index in [4.69, 9.17) is 0 Å². The minimum Gasteiger partial charge on any atom is -0.207 e. The second-order valence-electron chi connectivity index (χ2n) is 7.58. The Morgan fingerprint density at radius 1 is 0.625 bits per heavy atom. The SMILES string of the molecule is Cc1cc(F)c(CCc2ccc(C#Cc3ccc4c(F)c(F)c(F)cc4c3)cc2)c(F)c1. The van der Waals surface area contributed by atoms with Crippen LogP contribution in [-0.2, 0) is 12.8 Å². The summed E-state index contributed by atoms with van der Waals surface area (Å²) in [5, 5.41) is 0.208. The summed E-state index contributed by atoms with van der Waals surface area (Å²) in [5.41, 5.74) is 2.76. The van der Waals surface area contributed by atoms with Gasteiger partial charge in [-0.25, -0.2) is 22.0 Å². The Kier molecular flexibility index (Phi) is 5.96. The first-order valence-corrected chi connectivity index (χ1v) is 9.94. The van der Waals surface area contributed by atoms with E-state index in [1.54, 1.807) is 19.1 Å². The van der Waals surface area contributed by atoms with E-state index in [0.717, 1.165) is 11.6 Å². The molecule has 0 bridgehead atoms. The summed E-state index contributed by atoms with van der Waals surface area (Å²) in [7, 11) is 0. The van der Waals surface area contributed by atoms with Crippen LogP contribution < -0.4 is 0 Å². The first-order chi connectivity index (χ1) is 15.3. The minimum absolute atomic E-state index is 0.0137. The number of benzene rings is 4. The standard InChI is InChI=1S/C27H17F5/c1-16-12-23(28)22(24(29)13-16)11-8-18-4-2-17(3-5-18)6-7-19-9-10-21-20(14-19)15-25(30)27(32)26(21)31/h2-5,9-10,12-15H,8,11H2,1H3. The summed E-state index contributed by atoms with van der Waals surface area (Å²) < 4.78 is 68.6. The van der Waals surface area contributed by atoms with Crippen LogP contribution in [0.3, 0.4) is 0 Å². The van der Waals surface area contributed by atoms with Crippen LogP contribution in [0.2, 0.25) is 0 Å². The van der Waals surface area contributed by atoms with Crippen molar-refractivity contribution in [3.8, 4) is 11.8 Å². The second kappa shape index (κ2) is 8.84. The van der Waals surface area contributed by atoms with Crippen molar-refractivity contribution in [3.05, 3.63) is 118 Å². The van der Waals surface area contributed by atoms with E-state index in [1.165, 1.54) is 30.3 Å². The highest BCUT2D eigenvalue weighted by Gasteiger charge is 2.13. The quantitative estimate of drug-likeness (QED) is 0.184. The molecule has 0 aromatic heterocycles. The first-order valence-electron chi connectivity index (χ1n) is 9.94.